The number of carbonyl (C=O) groups is 1. The molecule has 3 heteroatoms. The van der Waals surface area contributed by atoms with E-state index < -0.39 is 0 Å². The Bertz CT molecular complexity index is 763. The minimum atomic E-state index is -0.138. The lowest BCUT2D eigenvalue weighted by molar-refractivity contribution is 0.106. The van der Waals surface area contributed by atoms with E-state index in [-0.39, 0.29) is 12.0 Å². The van der Waals surface area contributed by atoms with Crippen LogP contribution in [0.3, 0.4) is 0 Å². The van der Waals surface area contributed by atoms with Crippen LogP contribution in [0.1, 0.15) is 36.3 Å². The normalized spacial score (nSPS) is 20.1. The first-order valence-electron chi connectivity index (χ1n) is 8.86. The lowest BCUT2D eigenvalue weighted by atomic mass is 9.98. The van der Waals surface area contributed by atoms with Crippen LogP contribution in [0.5, 0.6) is 0 Å². The largest absolute Gasteiger partial charge is 0.448 e. The Kier molecular flexibility index (Phi) is 2.99. The van der Waals surface area contributed by atoms with E-state index in [9.17, 15) is 4.79 Å². The predicted octanol–water partition coefficient (Wildman–Crippen LogP) is 4.42. The van der Waals surface area contributed by atoms with Gasteiger partial charge in [0.05, 0.1) is 0 Å². The van der Waals surface area contributed by atoms with E-state index in [0.717, 1.165) is 19.5 Å². The van der Waals surface area contributed by atoms with E-state index in [4.69, 9.17) is 4.74 Å². The van der Waals surface area contributed by atoms with Crippen LogP contribution in [-0.4, -0.2) is 30.7 Å². The molecule has 2 aromatic carbocycles. The van der Waals surface area contributed by atoms with E-state index in [1.807, 2.05) is 4.90 Å². The van der Waals surface area contributed by atoms with Crippen molar-refractivity contribution in [2.24, 2.45) is 5.41 Å². The molecule has 0 aromatic heterocycles. The fourth-order valence-electron chi connectivity index (χ4n) is 4.36. The van der Waals surface area contributed by atoms with Crippen molar-refractivity contribution >= 4 is 6.09 Å². The second kappa shape index (κ2) is 5.10. The van der Waals surface area contributed by atoms with Gasteiger partial charge in [-0.15, -0.1) is 0 Å². The summed E-state index contributed by atoms with van der Waals surface area (Å²) in [5.41, 5.74) is 5.53. The molecule has 1 saturated carbocycles. The van der Waals surface area contributed by atoms with Crippen molar-refractivity contribution in [1.82, 2.24) is 4.90 Å². The van der Waals surface area contributed by atoms with Gasteiger partial charge in [0, 0.05) is 19.0 Å². The van der Waals surface area contributed by atoms with Crippen LogP contribution in [0, 0.1) is 5.41 Å². The van der Waals surface area contributed by atoms with E-state index in [1.165, 1.54) is 35.1 Å². The minimum absolute atomic E-state index is 0.138. The lowest BCUT2D eigenvalue weighted by Crippen LogP contribution is -2.30. The highest BCUT2D eigenvalue weighted by molar-refractivity contribution is 5.79. The van der Waals surface area contributed by atoms with Gasteiger partial charge in [-0.25, -0.2) is 4.79 Å². The van der Waals surface area contributed by atoms with Gasteiger partial charge in [0.15, 0.2) is 0 Å². The van der Waals surface area contributed by atoms with Crippen molar-refractivity contribution < 1.29 is 9.53 Å². The molecular weight excluding hydrogens is 298 g/mol. The molecule has 3 aliphatic rings. The molecule has 1 spiro atoms. The number of hydrogen-bond donors (Lipinski definition) is 0. The fourth-order valence-corrected chi connectivity index (χ4v) is 4.36. The number of nitrogens with zero attached hydrogens (tertiary/aromatic N) is 1. The Hall–Kier alpha value is -2.29. The molecule has 5 rings (SSSR count). The molecule has 0 atom stereocenters. The summed E-state index contributed by atoms with van der Waals surface area (Å²) < 4.78 is 5.73. The average Bonchev–Trinajstić information content (AvgIpc) is 3.12. The zero-order chi connectivity index (χ0) is 16.1. The summed E-state index contributed by atoms with van der Waals surface area (Å²) in [4.78, 5) is 14.3. The highest BCUT2D eigenvalue weighted by Crippen LogP contribution is 2.52. The monoisotopic (exact) mass is 319 g/mol. The number of benzene rings is 2. The molecular formula is C21H21NO2. The Morgan fingerprint density at radius 2 is 1.62 bits per heavy atom. The van der Waals surface area contributed by atoms with Crippen LogP contribution in [0.15, 0.2) is 48.5 Å². The second-order valence-electron chi connectivity index (χ2n) is 7.48. The third-order valence-electron chi connectivity index (χ3n) is 5.99. The minimum Gasteiger partial charge on any atom is -0.448 e. The molecule has 2 aliphatic carbocycles. The van der Waals surface area contributed by atoms with Crippen LogP contribution in [0.4, 0.5) is 4.79 Å². The lowest BCUT2D eigenvalue weighted by Gasteiger charge is -2.19. The van der Waals surface area contributed by atoms with Gasteiger partial charge in [-0.3, -0.25) is 0 Å². The van der Waals surface area contributed by atoms with E-state index in [0.29, 0.717) is 12.0 Å². The number of fused-ring (bicyclic) bond motifs is 3. The number of amides is 1. The summed E-state index contributed by atoms with van der Waals surface area (Å²) in [7, 11) is 0. The fraction of sp³-hybridized carbons (Fsp3) is 0.381. The topological polar surface area (TPSA) is 29.5 Å². The molecule has 24 heavy (non-hydrogen) atoms. The standard InChI is InChI=1S/C21H21NO2/c23-20(22-12-11-21(14-22)9-10-21)24-13-19-17-7-3-1-5-15(17)16-6-2-4-8-18(16)19/h1-8,19H,9-14H2. The quantitative estimate of drug-likeness (QED) is 0.820. The average molecular weight is 319 g/mol. The predicted molar refractivity (Wildman–Crippen MR) is 92.9 cm³/mol. The Labute approximate surface area is 142 Å². The van der Waals surface area contributed by atoms with E-state index in [2.05, 4.69) is 48.5 Å². The summed E-state index contributed by atoms with van der Waals surface area (Å²) in [6, 6.07) is 16.9. The maximum absolute atomic E-state index is 12.4. The first-order valence-corrected chi connectivity index (χ1v) is 8.86. The summed E-state index contributed by atoms with van der Waals surface area (Å²) in [5.74, 6) is 0.152. The summed E-state index contributed by atoms with van der Waals surface area (Å²) in [5, 5.41) is 0. The molecule has 0 N–H and O–H groups in total. The van der Waals surface area contributed by atoms with Crippen LogP contribution in [0.2, 0.25) is 0 Å². The molecule has 1 saturated heterocycles. The number of carbonyl (C=O) groups excluding carboxylic acids is 1. The van der Waals surface area contributed by atoms with Crippen molar-refractivity contribution in [1.29, 1.82) is 0 Å². The van der Waals surface area contributed by atoms with Crippen molar-refractivity contribution in [2.45, 2.75) is 25.2 Å². The first-order chi connectivity index (χ1) is 11.8. The van der Waals surface area contributed by atoms with Crippen molar-refractivity contribution in [3.63, 3.8) is 0 Å². The molecule has 2 fully saturated rings. The molecule has 1 aliphatic heterocycles. The molecule has 1 amide bonds. The van der Waals surface area contributed by atoms with E-state index >= 15 is 0 Å². The summed E-state index contributed by atoms with van der Waals surface area (Å²) in [6.07, 6.45) is 3.57. The molecule has 2 aromatic rings. The molecule has 3 nitrogen and oxygen atoms in total. The van der Waals surface area contributed by atoms with Gasteiger partial charge >= 0.3 is 6.09 Å². The number of likely N-dealkylation sites (tertiary alicyclic amines) is 1. The van der Waals surface area contributed by atoms with Crippen LogP contribution >= 0.6 is 0 Å². The van der Waals surface area contributed by atoms with Gasteiger partial charge in [0.25, 0.3) is 0 Å². The molecule has 0 radical (unpaired) electrons. The molecule has 0 unspecified atom stereocenters. The molecule has 0 bridgehead atoms. The number of rotatable bonds is 2. The second-order valence-corrected chi connectivity index (χ2v) is 7.48. The van der Waals surface area contributed by atoms with Gasteiger partial charge in [0.1, 0.15) is 6.61 Å². The van der Waals surface area contributed by atoms with Crippen molar-refractivity contribution in [3.8, 4) is 11.1 Å². The maximum Gasteiger partial charge on any atom is 0.409 e. The molecule has 122 valence electrons. The van der Waals surface area contributed by atoms with E-state index in [1.54, 1.807) is 0 Å². The first kappa shape index (κ1) is 14.1. The Morgan fingerprint density at radius 1 is 1.00 bits per heavy atom. The van der Waals surface area contributed by atoms with Crippen LogP contribution < -0.4 is 0 Å². The highest BCUT2D eigenvalue weighted by Gasteiger charge is 2.49. The zero-order valence-electron chi connectivity index (χ0n) is 13.7. The Balaban J connectivity index is 1.35. The third-order valence-corrected chi connectivity index (χ3v) is 5.99. The van der Waals surface area contributed by atoms with Gasteiger partial charge in [-0.1, -0.05) is 48.5 Å². The highest BCUT2D eigenvalue weighted by atomic mass is 16.6. The van der Waals surface area contributed by atoms with Gasteiger partial charge in [-0.05, 0) is 46.9 Å². The van der Waals surface area contributed by atoms with Gasteiger partial charge in [0.2, 0.25) is 0 Å². The van der Waals surface area contributed by atoms with Crippen LogP contribution in [0.25, 0.3) is 11.1 Å². The van der Waals surface area contributed by atoms with Crippen molar-refractivity contribution in [2.75, 3.05) is 19.7 Å². The smallest absolute Gasteiger partial charge is 0.409 e. The molecule has 1 heterocycles. The van der Waals surface area contributed by atoms with Gasteiger partial charge in [-0.2, -0.15) is 0 Å². The Morgan fingerprint density at radius 3 is 2.21 bits per heavy atom. The number of ether oxygens (including phenoxy) is 1. The number of hydrogen-bond acceptors (Lipinski definition) is 2. The van der Waals surface area contributed by atoms with Crippen LogP contribution in [-0.2, 0) is 4.74 Å². The SMILES string of the molecule is O=C(OCC1c2ccccc2-c2ccccc21)N1CCC2(CC2)C1. The summed E-state index contributed by atoms with van der Waals surface area (Å²) >= 11 is 0. The third kappa shape index (κ3) is 2.15. The zero-order valence-corrected chi connectivity index (χ0v) is 13.7. The maximum atomic E-state index is 12.4. The van der Waals surface area contributed by atoms with Crippen molar-refractivity contribution in [3.05, 3.63) is 59.7 Å². The summed E-state index contributed by atoms with van der Waals surface area (Å²) in [6.45, 7) is 2.18. The van der Waals surface area contributed by atoms with Gasteiger partial charge < -0.3 is 9.64 Å².